The highest BCUT2D eigenvalue weighted by atomic mass is 16.5. The third-order valence-electron chi connectivity index (χ3n) is 7.90. The minimum absolute atomic E-state index is 0.0246. The molecule has 0 aliphatic carbocycles. The molecule has 3 aromatic rings. The fourth-order valence-corrected chi connectivity index (χ4v) is 5.99. The molecule has 3 nitrogen and oxygen atoms in total. The fraction of sp³-hybridized carbons (Fsp3) is 0.344. The van der Waals surface area contributed by atoms with Crippen LogP contribution in [-0.4, -0.2) is 37.1 Å². The van der Waals surface area contributed by atoms with E-state index in [-0.39, 0.29) is 10.8 Å². The second-order valence-corrected chi connectivity index (χ2v) is 10.7. The number of rotatable bonds is 6. The maximum atomic E-state index is 5.50. The summed E-state index contributed by atoms with van der Waals surface area (Å²) < 4.78 is 7.96. The van der Waals surface area contributed by atoms with Crippen LogP contribution < -0.4 is 4.90 Å². The third-order valence-corrected chi connectivity index (χ3v) is 7.90. The molecule has 2 aliphatic rings. The first-order valence-corrected chi connectivity index (χ1v) is 12.7. The first-order valence-electron chi connectivity index (χ1n) is 12.7. The Bertz CT molecular complexity index is 1370. The lowest BCUT2D eigenvalue weighted by molar-refractivity contribution is -0.433. The van der Waals surface area contributed by atoms with Gasteiger partial charge in [-0.05, 0) is 55.3 Å². The van der Waals surface area contributed by atoms with Crippen LogP contribution in [-0.2, 0) is 15.6 Å². The van der Waals surface area contributed by atoms with Crippen molar-refractivity contribution in [2.24, 2.45) is 0 Å². The van der Waals surface area contributed by atoms with E-state index in [4.69, 9.17) is 4.74 Å². The summed E-state index contributed by atoms with van der Waals surface area (Å²) in [7, 11) is 1.78. The molecule has 2 aliphatic heterocycles. The van der Waals surface area contributed by atoms with Crippen LogP contribution in [0.25, 0.3) is 10.8 Å². The summed E-state index contributed by atoms with van der Waals surface area (Å²) in [6.45, 7) is 14.1. The molecule has 0 aromatic heterocycles. The van der Waals surface area contributed by atoms with Crippen LogP contribution in [0.2, 0.25) is 0 Å². The third kappa shape index (κ3) is 3.73. The Balaban J connectivity index is 1.58. The second-order valence-electron chi connectivity index (χ2n) is 10.7. The smallest absolute Gasteiger partial charge is 0.209 e. The van der Waals surface area contributed by atoms with E-state index in [1.165, 1.54) is 44.7 Å². The molecule has 0 amide bonds. The summed E-state index contributed by atoms with van der Waals surface area (Å²) >= 11 is 0. The Labute approximate surface area is 210 Å². The van der Waals surface area contributed by atoms with Crippen molar-refractivity contribution in [2.75, 3.05) is 31.7 Å². The van der Waals surface area contributed by atoms with E-state index >= 15 is 0 Å². The SMILES string of the molecule is CC[N+]1=C(C=CC=C2N(CCOC)c3cc4ccccc4cc3C2(C)C)C(C)(C)c2ccccc21. The molecule has 180 valence electrons. The molecule has 35 heavy (non-hydrogen) atoms. The van der Waals surface area contributed by atoms with Gasteiger partial charge in [-0.15, -0.1) is 0 Å². The summed E-state index contributed by atoms with van der Waals surface area (Å²) in [6.07, 6.45) is 6.90. The molecule has 2 heterocycles. The van der Waals surface area contributed by atoms with E-state index in [2.05, 4.69) is 123 Å². The number of allylic oxidation sites excluding steroid dienone is 4. The summed E-state index contributed by atoms with van der Waals surface area (Å²) in [6, 6.07) is 22.2. The number of methoxy groups -OCH3 is 1. The van der Waals surface area contributed by atoms with Crippen LogP contribution in [0.1, 0.15) is 45.7 Å². The number of para-hydroxylation sites is 1. The molecule has 3 heteroatoms. The topological polar surface area (TPSA) is 15.5 Å². The average Bonchev–Trinajstić information content (AvgIpc) is 3.20. The number of benzene rings is 3. The monoisotopic (exact) mass is 465 g/mol. The summed E-state index contributed by atoms with van der Waals surface area (Å²) in [5, 5.41) is 2.57. The Kier molecular flexibility index (Phi) is 5.93. The minimum atomic E-state index is -0.0965. The molecule has 0 radical (unpaired) electrons. The highest BCUT2D eigenvalue weighted by Crippen LogP contribution is 2.49. The molecule has 0 spiro atoms. The van der Waals surface area contributed by atoms with Gasteiger partial charge < -0.3 is 9.64 Å². The van der Waals surface area contributed by atoms with Gasteiger partial charge in [0.2, 0.25) is 5.69 Å². The van der Waals surface area contributed by atoms with Gasteiger partial charge in [-0.25, -0.2) is 0 Å². The first-order chi connectivity index (χ1) is 16.8. The summed E-state index contributed by atoms with van der Waals surface area (Å²) in [5.41, 5.74) is 7.94. The summed E-state index contributed by atoms with van der Waals surface area (Å²) in [5.74, 6) is 0. The Hall–Kier alpha value is -3.17. The number of fused-ring (bicyclic) bond motifs is 3. The van der Waals surface area contributed by atoms with Crippen molar-refractivity contribution >= 4 is 27.9 Å². The van der Waals surface area contributed by atoms with Crippen LogP contribution in [0.4, 0.5) is 11.4 Å². The zero-order chi connectivity index (χ0) is 24.8. The molecule has 5 rings (SSSR count). The van der Waals surface area contributed by atoms with Gasteiger partial charge in [-0.3, -0.25) is 0 Å². The quantitative estimate of drug-likeness (QED) is 0.360. The van der Waals surface area contributed by atoms with E-state index in [1.807, 2.05) is 0 Å². The molecule has 0 unspecified atom stereocenters. The van der Waals surface area contributed by atoms with Gasteiger partial charge in [0, 0.05) is 48.2 Å². The van der Waals surface area contributed by atoms with Gasteiger partial charge in [0.05, 0.1) is 12.0 Å². The fourth-order valence-electron chi connectivity index (χ4n) is 5.99. The molecule has 3 aromatic carbocycles. The van der Waals surface area contributed by atoms with Crippen LogP contribution in [0.3, 0.4) is 0 Å². The van der Waals surface area contributed by atoms with Crippen molar-refractivity contribution in [3.05, 3.63) is 95.7 Å². The lowest BCUT2D eigenvalue weighted by Gasteiger charge is -2.26. The molecule has 0 bridgehead atoms. The summed E-state index contributed by atoms with van der Waals surface area (Å²) in [4.78, 5) is 2.45. The highest BCUT2D eigenvalue weighted by Gasteiger charge is 2.44. The van der Waals surface area contributed by atoms with Crippen LogP contribution in [0.5, 0.6) is 0 Å². The van der Waals surface area contributed by atoms with Gasteiger partial charge in [-0.2, -0.15) is 4.58 Å². The standard InChI is InChI=1S/C32H37N2O/c1-7-33-27-16-11-10-15-25(27)31(2,3)29(33)17-12-18-30-32(4,5)26-21-23-13-8-9-14-24(23)22-28(26)34(30)19-20-35-6/h8-18,21-22H,7,19-20H2,1-6H3/q+1. The van der Waals surface area contributed by atoms with Crippen molar-refractivity contribution in [2.45, 2.75) is 45.4 Å². The van der Waals surface area contributed by atoms with Gasteiger partial charge in [0.1, 0.15) is 6.54 Å². The van der Waals surface area contributed by atoms with Crippen molar-refractivity contribution in [1.82, 2.24) is 0 Å². The molecule has 0 saturated heterocycles. The van der Waals surface area contributed by atoms with Crippen molar-refractivity contribution in [3.63, 3.8) is 0 Å². The van der Waals surface area contributed by atoms with E-state index in [1.54, 1.807) is 7.11 Å². The number of hydrogen-bond acceptors (Lipinski definition) is 2. The molecular weight excluding hydrogens is 428 g/mol. The van der Waals surface area contributed by atoms with Gasteiger partial charge in [-0.1, -0.05) is 62.4 Å². The van der Waals surface area contributed by atoms with E-state index in [0.29, 0.717) is 6.61 Å². The normalized spacial score (nSPS) is 19.3. The number of hydrogen-bond donors (Lipinski definition) is 0. The largest absolute Gasteiger partial charge is 0.383 e. The Morgan fingerprint density at radius 3 is 2.29 bits per heavy atom. The molecular formula is C32H37N2O+. The van der Waals surface area contributed by atoms with E-state index < -0.39 is 0 Å². The van der Waals surface area contributed by atoms with Crippen molar-refractivity contribution in [1.29, 1.82) is 0 Å². The average molecular weight is 466 g/mol. The van der Waals surface area contributed by atoms with Crippen LogP contribution >= 0.6 is 0 Å². The van der Waals surface area contributed by atoms with E-state index in [9.17, 15) is 0 Å². The Morgan fingerprint density at radius 1 is 0.886 bits per heavy atom. The van der Waals surface area contributed by atoms with E-state index in [0.717, 1.165) is 13.1 Å². The Morgan fingerprint density at radius 2 is 1.57 bits per heavy atom. The molecule has 0 saturated carbocycles. The maximum Gasteiger partial charge on any atom is 0.209 e. The predicted octanol–water partition coefficient (Wildman–Crippen LogP) is 7.12. The zero-order valence-corrected chi connectivity index (χ0v) is 21.9. The van der Waals surface area contributed by atoms with Crippen molar-refractivity contribution < 1.29 is 9.31 Å². The lowest BCUT2D eigenvalue weighted by Crippen LogP contribution is -2.29. The minimum Gasteiger partial charge on any atom is -0.383 e. The highest BCUT2D eigenvalue weighted by molar-refractivity contribution is 6.03. The molecule has 0 fully saturated rings. The van der Waals surface area contributed by atoms with Gasteiger partial charge >= 0.3 is 0 Å². The number of nitrogens with zero attached hydrogens (tertiary/aromatic N) is 2. The number of ether oxygens (including phenoxy) is 1. The van der Waals surface area contributed by atoms with Crippen LogP contribution in [0.15, 0.2) is 84.6 Å². The van der Waals surface area contributed by atoms with Crippen LogP contribution in [0, 0.1) is 0 Å². The maximum absolute atomic E-state index is 5.50. The second kappa shape index (κ2) is 8.80. The lowest BCUT2D eigenvalue weighted by atomic mass is 9.81. The number of anilines is 1. The zero-order valence-electron chi connectivity index (χ0n) is 21.9. The van der Waals surface area contributed by atoms with Crippen molar-refractivity contribution in [3.8, 4) is 0 Å². The molecule has 0 atom stereocenters. The molecule has 0 N–H and O–H groups in total. The van der Waals surface area contributed by atoms with Gasteiger partial charge in [0.25, 0.3) is 0 Å². The first kappa shape index (κ1) is 23.6. The predicted molar refractivity (Wildman–Crippen MR) is 148 cm³/mol. The van der Waals surface area contributed by atoms with Gasteiger partial charge in [0.15, 0.2) is 5.71 Å².